The van der Waals surface area contributed by atoms with Crippen molar-refractivity contribution in [1.82, 2.24) is 25.0 Å². The Kier molecular flexibility index (Phi) is 2.79. The molecule has 4 heterocycles. The van der Waals surface area contributed by atoms with Crippen LogP contribution in [0, 0.1) is 0 Å². The highest BCUT2D eigenvalue weighted by atomic mass is 16.5. The van der Waals surface area contributed by atoms with Gasteiger partial charge < -0.3 is 20.1 Å². The Labute approximate surface area is 139 Å². The third-order valence-corrected chi connectivity index (χ3v) is 5.03. The van der Waals surface area contributed by atoms with E-state index >= 15 is 0 Å². The number of nitrogens with two attached hydrogens (primary N) is 1. The predicted molar refractivity (Wildman–Crippen MR) is 90.3 cm³/mol. The second-order valence-electron chi connectivity index (χ2n) is 6.99. The van der Waals surface area contributed by atoms with Crippen LogP contribution in [0.5, 0.6) is 0 Å². The maximum Gasteiger partial charge on any atom is 0.146 e. The number of nitrogens with one attached hydrogen (secondary N) is 1. The van der Waals surface area contributed by atoms with Crippen molar-refractivity contribution in [3.63, 3.8) is 0 Å². The largest absolute Gasteiger partial charge is 0.383 e. The van der Waals surface area contributed by atoms with Crippen molar-refractivity contribution in [3.8, 4) is 11.3 Å². The molecule has 3 aromatic rings. The van der Waals surface area contributed by atoms with E-state index < -0.39 is 0 Å². The van der Waals surface area contributed by atoms with Gasteiger partial charge in [-0.05, 0) is 26.7 Å². The third kappa shape index (κ3) is 1.78. The number of hydrogen-bond acceptors (Lipinski definition) is 6. The van der Waals surface area contributed by atoms with Crippen LogP contribution in [0.25, 0.3) is 22.3 Å². The molecule has 3 aromatic heterocycles. The second kappa shape index (κ2) is 4.80. The van der Waals surface area contributed by atoms with Crippen LogP contribution in [0.15, 0.2) is 10.9 Å². The molecule has 0 bridgehead atoms. The number of fused-ring (bicyclic) bond motifs is 5. The fraction of sp³-hybridized carbons (Fsp3) is 0.471. The van der Waals surface area contributed by atoms with E-state index in [1.165, 1.54) is 24.7 Å². The topological polar surface area (TPSA) is 94.8 Å². The summed E-state index contributed by atoms with van der Waals surface area (Å²) in [5.41, 5.74) is 11.4. The van der Waals surface area contributed by atoms with Crippen LogP contribution in [0.3, 0.4) is 0 Å². The van der Waals surface area contributed by atoms with Gasteiger partial charge in [-0.1, -0.05) is 5.16 Å². The summed E-state index contributed by atoms with van der Waals surface area (Å²) in [6.07, 6.45) is 3.91. The van der Waals surface area contributed by atoms with Crippen LogP contribution in [0.4, 0.5) is 5.82 Å². The average molecular weight is 324 g/mol. The molecule has 0 radical (unpaired) electrons. The van der Waals surface area contributed by atoms with Crippen LogP contribution in [-0.2, 0) is 13.1 Å². The minimum atomic E-state index is 0.267. The van der Waals surface area contributed by atoms with Crippen molar-refractivity contribution >= 4 is 16.9 Å². The smallest absolute Gasteiger partial charge is 0.146 e. The highest BCUT2D eigenvalue weighted by molar-refractivity contribution is 6.02. The first-order chi connectivity index (χ1) is 11.7. The second-order valence-corrected chi connectivity index (χ2v) is 6.99. The van der Waals surface area contributed by atoms with Gasteiger partial charge in [0.15, 0.2) is 0 Å². The van der Waals surface area contributed by atoms with Crippen molar-refractivity contribution in [2.45, 2.75) is 51.7 Å². The Bertz CT molecular complexity index is 950. The molecule has 0 amide bonds. The fourth-order valence-electron chi connectivity index (χ4n) is 3.85. The molecule has 0 aromatic carbocycles. The van der Waals surface area contributed by atoms with Gasteiger partial charge in [0.1, 0.15) is 29.2 Å². The molecule has 0 atom stereocenters. The lowest BCUT2D eigenvalue weighted by Gasteiger charge is -2.14. The standard InChI is InChI=1S/C17H20N6O/c1-8(2)23-11-6-19-5-10-14(22-24-15(10)9-3-4-9)12(11)13-16(18)20-7-21-17(13)23/h7-9,19H,3-6H2,1-2H3,(H2,18,20,21). The molecule has 24 heavy (non-hydrogen) atoms. The summed E-state index contributed by atoms with van der Waals surface area (Å²) >= 11 is 0. The first kappa shape index (κ1) is 14.0. The van der Waals surface area contributed by atoms with Crippen molar-refractivity contribution in [3.05, 3.63) is 23.3 Å². The summed E-state index contributed by atoms with van der Waals surface area (Å²) in [6, 6.07) is 0.267. The zero-order valence-electron chi connectivity index (χ0n) is 13.8. The molecule has 1 fully saturated rings. The molecule has 7 nitrogen and oxygen atoms in total. The van der Waals surface area contributed by atoms with Gasteiger partial charge in [-0.15, -0.1) is 0 Å². The van der Waals surface area contributed by atoms with Crippen LogP contribution in [0.2, 0.25) is 0 Å². The average Bonchev–Trinajstić information content (AvgIpc) is 3.26. The van der Waals surface area contributed by atoms with Gasteiger partial charge in [-0.2, -0.15) is 0 Å². The molecule has 0 unspecified atom stereocenters. The molecule has 7 heteroatoms. The van der Waals surface area contributed by atoms with E-state index in [2.05, 4.69) is 38.9 Å². The van der Waals surface area contributed by atoms with Crippen molar-refractivity contribution in [2.75, 3.05) is 5.73 Å². The summed E-state index contributed by atoms with van der Waals surface area (Å²) in [7, 11) is 0. The van der Waals surface area contributed by atoms with E-state index in [-0.39, 0.29) is 6.04 Å². The molecular formula is C17H20N6O. The van der Waals surface area contributed by atoms with Gasteiger partial charge in [0, 0.05) is 41.9 Å². The van der Waals surface area contributed by atoms with Gasteiger partial charge in [-0.3, -0.25) is 0 Å². The molecule has 1 aliphatic heterocycles. The highest BCUT2D eigenvalue weighted by Crippen LogP contribution is 2.47. The predicted octanol–water partition coefficient (Wildman–Crippen LogP) is 2.73. The van der Waals surface area contributed by atoms with Gasteiger partial charge in [0.2, 0.25) is 0 Å². The summed E-state index contributed by atoms with van der Waals surface area (Å²) < 4.78 is 7.96. The van der Waals surface area contributed by atoms with Crippen LogP contribution in [0.1, 0.15) is 55.7 Å². The van der Waals surface area contributed by atoms with Crippen LogP contribution in [-0.4, -0.2) is 19.7 Å². The number of aromatic nitrogens is 4. The highest BCUT2D eigenvalue weighted by Gasteiger charge is 2.36. The first-order valence-electron chi connectivity index (χ1n) is 8.49. The SMILES string of the molecule is CC(C)n1c2c(c3c(N)ncnc31)-c1noc(C3CC3)c1CNC2. The van der Waals surface area contributed by atoms with E-state index in [0.29, 0.717) is 11.7 Å². The molecule has 1 saturated carbocycles. The number of hydrogen-bond donors (Lipinski definition) is 2. The number of nitrogen functional groups attached to an aromatic ring is 1. The van der Waals surface area contributed by atoms with Crippen LogP contribution < -0.4 is 11.1 Å². The molecule has 1 aliphatic carbocycles. The fourth-order valence-corrected chi connectivity index (χ4v) is 3.85. The van der Waals surface area contributed by atoms with Crippen molar-refractivity contribution in [2.24, 2.45) is 0 Å². The quantitative estimate of drug-likeness (QED) is 0.752. The molecule has 0 saturated heterocycles. The van der Waals surface area contributed by atoms with E-state index in [1.54, 1.807) is 0 Å². The summed E-state index contributed by atoms with van der Waals surface area (Å²) in [5, 5.41) is 8.87. The lowest BCUT2D eigenvalue weighted by molar-refractivity contribution is 0.383. The molecule has 2 aliphatic rings. The lowest BCUT2D eigenvalue weighted by Crippen LogP contribution is -2.16. The Hall–Kier alpha value is -2.41. The Morgan fingerprint density at radius 1 is 1.29 bits per heavy atom. The zero-order chi connectivity index (χ0) is 16.4. The molecule has 5 rings (SSSR count). The van der Waals surface area contributed by atoms with E-state index in [9.17, 15) is 0 Å². The normalized spacial score (nSPS) is 17.1. The number of rotatable bonds is 2. The minimum absolute atomic E-state index is 0.267. The summed E-state index contributed by atoms with van der Waals surface area (Å²) in [4.78, 5) is 8.73. The molecule has 0 spiro atoms. The van der Waals surface area contributed by atoms with Gasteiger partial charge >= 0.3 is 0 Å². The maximum atomic E-state index is 6.24. The number of anilines is 1. The van der Waals surface area contributed by atoms with Crippen LogP contribution >= 0.6 is 0 Å². The van der Waals surface area contributed by atoms with Gasteiger partial charge in [0.05, 0.1) is 5.39 Å². The van der Waals surface area contributed by atoms with E-state index in [1.807, 2.05) is 0 Å². The first-order valence-corrected chi connectivity index (χ1v) is 8.49. The minimum Gasteiger partial charge on any atom is -0.383 e. The lowest BCUT2D eigenvalue weighted by atomic mass is 10.0. The van der Waals surface area contributed by atoms with E-state index in [0.717, 1.165) is 46.8 Å². The van der Waals surface area contributed by atoms with Gasteiger partial charge in [-0.25, -0.2) is 9.97 Å². The third-order valence-electron chi connectivity index (χ3n) is 5.03. The Balaban J connectivity index is 1.88. The summed E-state index contributed by atoms with van der Waals surface area (Å²) in [5.74, 6) is 2.06. The number of nitrogens with zero attached hydrogens (tertiary/aromatic N) is 4. The maximum absolute atomic E-state index is 6.24. The van der Waals surface area contributed by atoms with Gasteiger partial charge in [0.25, 0.3) is 0 Å². The molecular weight excluding hydrogens is 304 g/mol. The Morgan fingerprint density at radius 3 is 2.88 bits per heavy atom. The monoisotopic (exact) mass is 324 g/mol. The summed E-state index contributed by atoms with van der Waals surface area (Å²) in [6.45, 7) is 5.83. The van der Waals surface area contributed by atoms with E-state index in [4.69, 9.17) is 10.3 Å². The zero-order valence-corrected chi connectivity index (χ0v) is 13.8. The van der Waals surface area contributed by atoms with Crippen molar-refractivity contribution in [1.29, 1.82) is 0 Å². The molecule has 124 valence electrons. The Morgan fingerprint density at radius 2 is 2.12 bits per heavy atom. The molecule has 3 N–H and O–H groups in total. The van der Waals surface area contributed by atoms with Crippen molar-refractivity contribution < 1.29 is 4.52 Å².